The van der Waals surface area contributed by atoms with Gasteiger partial charge in [0.1, 0.15) is 11.6 Å². The molecule has 5 heteroatoms. The van der Waals surface area contributed by atoms with Crippen molar-refractivity contribution < 1.29 is 9.53 Å². The van der Waals surface area contributed by atoms with Crippen molar-refractivity contribution in [3.63, 3.8) is 0 Å². The highest BCUT2D eigenvalue weighted by molar-refractivity contribution is 5.98. The zero-order valence-electron chi connectivity index (χ0n) is 13.5. The standard InChI is InChI=1S/C19H21N3O2/c1-2-3-4-5-13-24-16-10-8-15(9-11-16)14-22-19(23)17-7-6-12-21-18(17)20/h1,6-12H,3-5,13-14H2,(H2,20,21)(H,22,23). The van der Waals surface area contributed by atoms with E-state index in [2.05, 4.69) is 16.2 Å². The zero-order valence-corrected chi connectivity index (χ0v) is 13.5. The molecular formula is C19H21N3O2. The highest BCUT2D eigenvalue weighted by Crippen LogP contribution is 2.13. The molecule has 0 radical (unpaired) electrons. The fourth-order valence-corrected chi connectivity index (χ4v) is 2.11. The van der Waals surface area contributed by atoms with Gasteiger partial charge in [0.2, 0.25) is 0 Å². The molecule has 3 N–H and O–H groups in total. The van der Waals surface area contributed by atoms with E-state index in [1.807, 2.05) is 24.3 Å². The van der Waals surface area contributed by atoms with E-state index < -0.39 is 0 Å². The first-order chi connectivity index (χ1) is 11.7. The summed E-state index contributed by atoms with van der Waals surface area (Å²) in [5.41, 5.74) is 7.04. The van der Waals surface area contributed by atoms with Crippen LogP contribution in [0.5, 0.6) is 5.75 Å². The Morgan fingerprint density at radius 1 is 1.25 bits per heavy atom. The maximum Gasteiger partial charge on any atom is 0.255 e. The molecule has 0 aliphatic rings. The first-order valence-corrected chi connectivity index (χ1v) is 7.84. The largest absolute Gasteiger partial charge is 0.494 e. The van der Waals surface area contributed by atoms with Gasteiger partial charge in [-0.25, -0.2) is 4.98 Å². The second kappa shape index (κ2) is 9.21. The van der Waals surface area contributed by atoms with Crippen molar-refractivity contribution in [3.8, 4) is 18.1 Å². The first kappa shape index (κ1) is 17.4. The summed E-state index contributed by atoms with van der Waals surface area (Å²) in [5.74, 6) is 3.40. The number of ether oxygens (including phenoxy) is 1. The summed E-state index contributed by atoms with van der Waals surface area (Å²) in [4.78, 5) is 16.0. The number of nitrogens with one attached hydrogen (secondary N) is 1. The number of nitrogens with two attached hydrogens (primary N) is 1. The molecule has 0 unspecified atom stereocenters. The summed E-state index contributed by atoms with van der Waals surface area (Å²) in [5, 5.41) is 2.82. The number of nitrogen functional groups attached to an aromatic ring is 1. The number of aromatic nitrogens is 1. The molecule has 0 spiro atoms. The quantitative estimate of drug-likeness (QED) is 0.578. The van der Waals surface area contributed by atoms with Gasteiger partial charge in [0, 0.05) is 19.2 Å². The van der Waals surface area contributed by atoms with Crippen molar-refractivity contribution in [2.75, 3.05) is 12.3 Å². The summed E-state index contributed by atoms with van der Waals surface area (Å²) in [6.07, 6.45) is 9.45. The highest BCUT2D eigenvalue weighted by atomic mass is 16.5. The lowest BCUT2D eigenvalue weighted by Crippen LogP contribution is -2.24. The molecular weight excluding hydrogens is 302 g/mol. The lowest BCUT2D eigenvalue weighted by atomic mass is 10.2. The van der Waals surface area contributed by atoms with E-state index in [0.717, 1.165) is 30.6 Å². The van der Waals surface area contributed by atoms with Crippen LogP contribution in [0.1, 0.15) is 35.2 Å². The van der Waals surface area contributed by atoms with Crippen LogP contribution < -0.4 is 15.8 Å². The van der Waals surface area contributed by atoms with Gasteiger partial charge < -0.3 is 15.8 Å². The molecule has 0 fully saturated rings. The molecule has 124 valence electrons. The highest BCUT2D eigenvalue weighted by Gasteiger charge is 2.09. The van der Waals surface area contributed by atoms with Crippen molar-refractivity contribution in [3.05, 3.63) is 53.7 Å². The fraction of sp³-hybridized carbons (Fsp3) is 0.263. The number of hydrogen-bond acceptors (Lipinski definition) is 4. The van der Waals surface area contributed by atoms with Crippen molar-refractivity contribution >= 4 is 11.7 Å². The van der Waals surface area contributed by atoms with E-state index in [4.69, 9.17) is 16.9 Å². The van der Waals surface area contributed by atoms with Crippen molar-refractivity contribution in [1.82, 2.24) is 10.3 Å². The van der Waals surface area contributed by atoms with E-state index in [-0.39, 0.29) is 11.7 Å². The molecule has 0 bridgehead atoms. The maximum atomic E-state index is 12.1. The van der Waals surface area contributed by atoms with Crippen LogP contribution in [0.3, 0.4) is 0 Å². The van der Waals surface area contributed by atoms with E-state index in [0.29, 0.717) is 18.7 Å². The predicted octanol–water partition coefficient (Wildman–Crippen LogP) is 2.78. The van der Waals surface area contributed by atoms with E-state index in [9.17, 15) is 4.79 Å². The van der Waals surface area contributed by atoms with E-state index in [1.165, 1.54) is 0 Å². The second-order valence-corrected chi connectivity index (χ2v) is 5.27. The minimum Gasteiger partial charge on any atom is -0.494 e. The van der Waals surface area contributed by atoms with Gasteiger partial charge in [0.25, 0.3) is 5.91 Å². The normalized spacial score (nSPS) is 9.96. The summed E-state index contributed by atoms with van der Waals surface area (Å²) in [6, 6.07) is 10.9. The van der Waals surface area contributed by atoms with Crippen LogP contribution in [0, 0.1) is 12.3 Å². The maximum absolute atomic E-state index is 12.1. The molecule has 24 heavy (non-hydrogen) atoms. The Balaban J connectivity index is 1.78. The molecule has 1 amide bonds. The van der Waals surface area contributed by atoms with Crippen LogP contribution in [0.4, 0.5) is 5.82 Å². The number of hydrogen-bond donors (Lipinski definition) is 2. The Bertz CT molecular complexity index is 705. The molecule has 2 rings (SSSR count). The summed E-state index contributed by atoms with van der Waals surface area (Å²) < 4.78 is 5.64. The third kappa shape index (κ3) is 5.33. The van der Waals surface area contributed by atoms with Crippen LogP contribution in [0.15, 0.2) is 42.6 Å². The third-order valence-electron chi connectivity index (χ3n) is 3.44. The predicted molar refractivity (Wildman–Crippen MR) is 94.4 cm³/mol. The number of pyridine rings is 1. The minimum atomic E-state index is -0.241. The fourth-order valence-electron chi connectivity index (χ4n) is 2.11. The van der Waals surface area contributed by atoms with Crippen LogP contribution in [0.2, 0.25) is 0 Å². The van der Waals surface area contributed by atoms with Gasteiger partial charge in [-0.2, -0.15) is 0 Å². The number of terminal acetylenes is 1. The third-order valence-corrected chi connectivity index (χ3v) is 3.44. The Hall–Kier alpha value is -3.00. The Morgan fingerprint density at radius 3 is 2.75 bits per heavy atom. The van der Waals surface area contributed by atoms with E-state index >= 15 is 0 Å². The lowest BCUT2D eigenvalue weighted by molar-refractivity contribution is 0.0951. The van der Waals surface area contributed by atoms with Crippen LogP contribution in [-0.2, 0) is 6.54 Å². The average molecular weight is 323 g/mol. The second-order valence-electron chi connectivity index (χ2n) is 5.27. The lowest BCUT2D eigenvalue weighted by Gasteiger charge is -2.09. The Labute approximate surface area is 142 Å². The number of carbonyl (C=O) groups excluding carboxylic acids is 1. The number of nitrogens with zero attached hydrogens (tertiary/aromatic N) is 1. The number of anilines is 1. The van der Waals surface area contributed by atoms with Crippen molar-refractivity contribution in [2.45, 2.75) is 25.8 Å². The monoisotopic (exact) mass is 323 g/mol. The SMILES string of the molecule is C#CCCCCOc1ccc(CNC(=O)c2cccnc2N)cc1. The van der Waals surface area contributed by atoms with Gasteiger partial charge in [0.05, 0.1) is 12.2 Å². The number of rotatable bonds is 8. The smallest absolute Gasteiger partial charge is 0.255 e. The number of benzene rings is 1. The topological polar surface area (TPSA) is 77.2 Å². The van der Waals surface area contributed by atoms with Gasteiger partial charge in [0.15, 0.2) is 0 Å². The number of carbonyl (C=O) groups is 1. The minimum absolute atomic E-state index is 0.226. The number of amides is 1. The van der Waals surface area contributed by atoms with Gasteiger partial charge in [-0.05, 0) is 42.7 Å². The Morgan fingerprint density at radius 2 is 2.04 bits per heavy atom. The van der Waals surface area contributed by atoms with Crippen LogP contribution >= 0.6 is 0 Å². The molecule has 0 saturated carbocycles. The van der Waals surface area contributed by atoms with Gasteiger partial charge >= 0.3 is 0 Å². The molecule has 5 nitrogen and oxygen atoms in total. The molecule has 1 aromatic carbocycles. The molecule has 0 aliphatic heterocycles. The van der Waals surface area contributed by atoms with Crippen molar-refractivity contribution in [1.29, 1.82) is 0 Å². The van der Waals surface area contributed by atoms with Crippen LogP contribution in [0.25, 0.3) is 0 Å². The van der Waals surface area contributed by atoms with Gasteiger partial charge in [-0.15, -0.1) is 12.3 Å². The summed E-state index contributed by atoms with van der Waals surface area (Å²) in [7, 11) is 0. The molecule has 2 aromatic rings. The van der Waals surface area contributed by atoms with Crippen molar-refractivity contribution in [2.24, 2.45) is 0 Å². The molecule has 0 atom stereocenters. The van der Waals surface area contributed by atoms with Gasteiger partial charge in [-0.3, -0.25) is 4.79 Å². The zero-order chi connectivity index (χ0) is 17.2. The summed E-state index contributed by atoms with van der Waals surface area (Å²) in [6.45, 7) is 1.06. The molecule has 1 heterocycles. The average Bonchev–Trinajstić information content (AvgIpc) is 2.61. The van der Waals surface area contributed by atoms with Crippen LogP contribution in [-0.4, -0.2) is 17.5 Å². The molecule has 1 aromatic heterocycles. The van der Waals surface area contributed by atoms with E-state index in [1.54, 1.807) is 18.3 Å². The first-order valence-electron chi connectivity index (χ1n) is 7.84. The summed E-state index contributed by atoms with van der Waals surface area (Å²) >= 11 is 0. The Kier molecular flexibility index (Phi) is 6.66. The van der Waals surface area contributed by atoms with Gasteiger partial charge in [-0.1, -0.05) is 12.1 Å². The molecule has 0 aliphatic carbocycles. The molecule has 0 saturated heterocycles. The number of unbranched alkanes of at least 4 members (excludes halogenated alkanes) is 2.